The van der Waals surface area contributed by atoms with Crippen LogP contribution in [0.3, 0.4) is 0 Å². The zero-order valence-corrected chi connectivity index (χ0v) is 19.7. The topological polar surface area (TPSA) is 95.4 Å². The van der Waals surface area contributed by atoms with Crippen LogP contribution in [0.25, 0.3) is 28.1 Å². The van der Waals surface area contributed by atoms with E-state index in [2.05, 4.69) is 15.1 Å². The van der Waals surface area contributed by atoms with E-state index in [9.17, 15) is 4.79 Å². The highest BCUT2D eigenvalue weighted by Crippen LogP contribution is 2.50. The van der Waals surface area contributed by atoms with Crippen molar-refractivity contribution in [3.63, 3.8) is 0 Å². The molecule has 10 heteroatoms. The highest BCUT2D eigenvalue weighted by molar-refractivity contribution is 6.35. The van der Waals surface area contributed by atoms with Crippen molar-refractivity contribution in [3.8, 4) is 23.1 Å². The molecule has 8 nitrogen and oxygen atoms in total. The number of aromatic nitrogens is 5. The third kappa shape index (κ3) is 3.12. The molecule has 0 spiro atoms. The second-order valence-corrected chi connectivity index (χ2v) is 9.05. The second kappa shape index (κ2) is 7.87. The Kier molecular flexibility index (Phi) is 4.60. The van der Waals surface area contributed by atoms with Crippen LogP contribution in [-0.4, -0.2) is 24.6 Å². The van der Waals surface area contributed by atoms with Crippen molar-refractivity contribution >= 4 is 39.8 Å². The molecule has 7 rings (SSSR count). The minimum absolute atomic E-state index is 0.293. The minimum Gasteiger partial charge on any atom is -0.437 e. The van der Waals surface area contributed by atoms with Gasteiger partial charge in [0.05, 0.1) is 22.4 Å². The predicted molar refractivity (Wildman–Crippen MR) is 134 cm³/mol. The quantitative estimate of drug-likeness (QED) is 0.266. The van der Waals surface area contributed by atoms with Crippen molar-refractivity contribution in [2.24, 2.45) is 0 Å². The Bertz CT molecular complexity index is 1880. The molecule has 1 unspecified atom stereocenters. The molecule has 5 heterocycles. The summed E-state index contributed by atoms with van der Waals surface area (Å²) in [4.78, 5) is 27.1. The van der Waals surface area contributed by atoms with E-state index in [-0.39, 0.29) is 0 Å². The number of para-hydroxylation sites is 1. The summed E-state index contributed by atoms with van der Waals surface area (Å²) in [6.45, 7) is 0. The van der Waals surface area contributed by atoms with Crippen molar-refractivity contribution in [1.29, 1.82) is 0 Å². The Hall–Kier alpha value is -4.27. The molecule has 0 fully saturated rings. The second-order valence-electron chi connectivity index (χ2n) is 8.21. The maximum Gasteiger partial charge on any atom is 0.344 e. The first-order chi connectivity index (χ1) is 17.6. The first-order valence-corrected chi connectivity index (χ1v) is 11.7. The van der Waals surface area contributed by atoms with E-state index in [0.29, 0.717) is 66.5 Å². The van der Waals surface area contributed by atoms with Gasteiger partial charge in [-0.3, -0.25) is 4.98 Å². The number of hydrogen-bond donors (Lipinski definition) is 0. The Labute approximate surface area is 212 Å². The van der Waals surface area contributed by atoms with Gasteiger partial charge in [-0.15, -0.1) is 5.10 Å². The summed E-state index contributed by atoms with van der Waals surface area (Å²) in [5.41, 5.74) is 2.37. The Balaban J connectivity index is 1.58. The van der Waals surface area contributed by atoms with Crippen molar-refractivity contribution < 1.29 is 9.15 Å². The molecule has 2 aromatic carbocycles. The molecule has 1 atom stereocenters. The lowest BCUT2D eigenvalue weighted by Crippen LogP contribution is -2.22. The number of nitrogens with zero attached hydrogens (tertiary/aromatic N) is 5. The average Bonchev–Trinajstić information content (AvgIpc) is 3.33. The van der Waals surface area contributed by atoms with Crippen molar-refractivity contribution in [2.45, 2.75) is 5.92 Å². The normalized spacial score (nSPS) is 14.4. The monoisotopic (exact) mass is 513 g/mol. The number of rotatable bonds is 2. The molecular weight excluding hydrogens is 501 g/mol. The third-order valence-corrected chi connectivity index (χ3v) is 6.69. The van der Waals surface area contributed by atoms with Crippen LogP contribution in [0.2, 0.25) is 10.0 Å². The highest BCUT2D eigenvalue weighted by atomic mass is 35.5. The van der Waals surface area contributed by atoms with Gasteiger partial charge >= 0.3 is 5.63 Å². The summed E-state index contributed by atoms with van der Waals surface area (Å²) in [5.74, 6) is 0.364. The number of benzene rings is 2. The molecule has 1 aliphatic heterocycles. The van der Waals surface area contributed by atoms with Gasteiger partial charge in [0, 0.05) is 16.2 Å². The molecule has 4 aromatic heterocycles. The molecule has 1 aliphatic rings. The number of ether oxygens (including phenoxy) is 1. The smallest absolute Gasteiger partial charge is 0.344 e. The van der Waals surface area contributed by atoms with E-state index in [1.165, 1.54) is 10.8 Å². The fourth-order valence-corrected chi connectivity index (χ4v) is 5.10. The van der Waals surface area contributed by atoms with Gasteiger partial charge in [0.1, 0.15) is 17.6 Å². The maximum absolute atomic E-state index is 13.4. The zero-order valence-electron chi connectivity index (χ0n) is 18.2. The molecule has 0 saturated heterocycles. The maximum atomic E-state index is 13.4. The van der Waals surface area contributed by atoms with Crippen LogP contribution < -0.4 is 10.4 Å². The van der Waals surface area contributed by atoms with Gasteiger partial charge in [0.15, 0.2) is 11.4 Å². The van der Waals surface area contributed by atoms with Crippen LogP contribution in [0.4, 0.5) is 0 Å². The Morgan fingerprint density at radius 3 is 2.64 bits per heavy atom. The largest absolute Gasteiger partial charge is 0.437 e. The summed E-state index contributed by atoms with van der Waals surface area (Å²) in [7, 11) is 0. The number of halogens is 2. The summed E-state index contributed by atoms with van der Waals surface area (Å²) in [6, 6.07) is 17.8. The molecule has 174 valence electrons. The van der Waals surface area contributed by atoms with E-state index in [0.717, 1.165) is 0 Å². The number of hydrogen-bond acceptors (Lipinski definition) is 7. The van der Waals surface area contributed by atoms with Crippen LogP contribution in [0.1, 0.15) is 22.6 Å². The lowest BCUT2D eigenvalue weighted by Gasteiger charge is -2.27. The number of pyridine rings is 1. The molecule has 0 bridgehead atoms. The van der Waals surface area contributed by atoms with Crippen molar-refractivity contribution in [3.05, 3.63) is 110 Å². The minimum atomic E-state index is -0.702. The molecule has 0 N–H and O–H groups in total. The van der Waals surface area contributed by atoms with Gasteiger partial charge in [-0.2, -0.15) is 0 Å². The summed E-state index contributed by atoms with van der Waals surface area (Å²) < 4.78 is 13.5. The predicted octanol–water partition coefficient (Wildman–Crippen LogP) is 5.89. The Morgan fingerprint density at radius 1 is 0.944 bits per heavy atom. The summed E-state index contributed by atoms with van der Waals surface area (Å²) in [5, 5.41) is 6.05. The first kappa shape index (κ1) is 21.0. The van der Waals surface area contributed by atoms with Gasteiger partial charge in [0.2, 0.25) is 11.7 Å². The van der Waals surface area contributed by atoms with E-state index in [4.69, 9.17) is 37.3 Å². The molecule has 0 saturated carbocycles. The van der Waals surface area contributed by atoms with Crippen molar-refractivity contribution in [1.82, 2.24) is 24.6 Å². The van der Waals surface area contributed by atoms with E-state index in [1.807, 2.05) is 30.3 Å². The van der Waals surface area contributed by atoms with Crippen LogP contribution in [-0.2, 0) is 0 Å². The highest BCUT2D eigenvalue weighted by Gasteiger charge is 2.38. The molecular formula is C26H13Cl2N5O3. The summed E-state index contributed by atoms with van der Waals surface area (Å²) in [6.07, 6.45) is 3.19. The van der Waals surface area contributed by atoms with Crippen LogP contribution in [0.15, 0.2) is 82.4 Å². The van der Waals surface area contributed by atoms with E-state index < -0.39 is 11.5 Å². The van der Waals surface area contributed by atoms with Gasteiger partial charge in [-0.1, -0.05) is 47.5 Å². The third-order valence-electron chi connectivity index (χ3n) is 6.13. The Morgan fingerprint density at radius 2 is 1.81 bits per heavy atom. The van der Waals surface area contributed by atoms with Gasteiger partial charge < -0.3 is 9.15 Å². The van der Waals surface area contributed by atoms with Crippen LogP contribution >= 0.6 is 23.2 Å². The standard InChI is InChI=1S/C26H13Cl2N5O3/c27-13-8-9-14(16(28)11-13)19-20-22(15-5-1-2-7-18(15)35-26(20)34)36-25-21(19)24-31-23(32-33(24)12-30-25)17-6-3-4-10-29-17/h1-12,19H. The molecule has 6 aromatic rings. The van der Waals surface area contributed by atoms with E-state index >= 15 is 0 Å². The van der Waals surface area contributed by atoms with Gasteiger partial charge in [-0.05, 0) is 42.0 Å². The average molecular weight is 514 g/mol. The van der Waals surface area contributed by atoms with Gasteiger partial charge in [-0.25, -0.2) is 19.3 Å². The number of fused-ring (bicyclic) bond motifs is 6. The fourth-order valence-electron chi connectivity index (χ4n) is 4.58. The molecule has 0 aliphatic carbocycles. The van der Waals surface area contributed by atoms with Crippen LogP contribution in [0.5, 0.6) is 11.6 Å². The lowest BCUT2D eigenvalue weighted by atomic mass is 9.84. The molecule has 0 radical (unpaired) electrons. The van der Waals surface area contributed by atoms with Gasteiger partial charge in [0.25, 0.3) is 0 Å². The fraction of sp³-hybridized carbons (Fsp3) is 0.0385. The van der Waals surface area contributed by atoms with E-state index in [1.54, 1.807) is 36.5 Å². The zero-order chi connectivity index (χ0) is 24.4. The molecule has 0 amide bonds. The SMILES string of the molecule is O=c1oc2ccccc2c2c1C(c1ccc(Cl)cc1Cl)c1c(ncn3nc(-c4ccccn4)nc13)O2. The van der Waals surface area contributed by atoms with Crippen LogP contribution in [0, 0.1) is 0 Å². The first-order valence-electron chi connectivity index (χ1n) is 10.9. The lowest BCUT2D eigenvalue weighted by molar-refractivity contribution is 0.422. The van der Waals surface area contributed by atoms with Crippen molar-refractivity contribution in [2.75, 3.05) is 0 Å². The summed E-state index contributed by atoms with van der Waals surface area (Å²) >= 11 is 12.9. The molecule has 36 heavy (non-hydrogen) atoms.